The Balaban J connectivity index is 1.79. The summed E-state index contributed by atoms with van der Waals surface area (Å²) < 4.78 is 31.7. The molecule has 12 nitrogen and oxygen atoms in total. The quantitative estimate of drug-likeness (QED) is 0.183. The Morgan fingerprint density at radius 3 is 2.24 bits per heavy atom. The molecule has 0 radical (unpaired) electrons. The first-order valence-electron chi connectivity index (χ1n) is 13.4. The summed E-state index contributed by atoms with van der Waals surface area (Å²) in [6, 6.07) is 12.2. The molecular weight excluding hydrogens is 608 g/mol. The number of halogens is 2. The van der Waals surface area contributed by atoms with Gasteiger partial charge in [-0.1, -0.05) is 18.2 Å². The third-order valence-electron chi connectivity index (χ3n) is 6.77. The van der Waals surface area contributed by atoms with Crippen molar-refractivity contribution in [2.45, 2.75) is 20.0 Å². The molecule has 0 bridgehead atoms. The highest BCUT2D eigenvalue weighted by molar-refractivity contribution is 7.22. The summed E-state index contributed by atoms with van der Waals surface area (Å²) in [5, 5.41) is 10.6. The summed E-state index contributed by atoms with van der Waals surface area (Å²) >= 11 is 1.12. The van der Waals surface area contributed by atoms with Crippen LogP contribution in [0.25, 0.3) is 26.5 Å². The number of thiophene rings is 1. The number of nitrogens with one attached hydrogen (secondary N) is 2. The minimum absolute atomic E-state index is 0.0328. The second-order valence-corrected chi connectivity index (χ2v) is 11.2. The van der Waals surface area contributed by atoms with Crippen LogP contribution < -0.4 is 22.0 Å². The van der Waals surface area contributed by atoms with E-state index in [2.05, 4.69) is 25.8 Å². The molecule has 0 aliphatic rings. The van der Waals surface area contributed by atoms with E-state index in [1.165, 1.54) is 32.2 Å². The number of urea groups is 1. The van der Waals surface area contributed by atoms with Crippen molar-refractivity contribution in [3.05, 3.63) is 104 Å². The fourth-order valence-corrected chi connectivity index (χ4v) is 6.04. The average Bonchev–Trinajstić information content (AvgIpc) is 3.36. The van der Waals surface area contributed by atoms with Crippen LogP contribution in [0.3, 0.4) is 0 Å². The first kappa shape index (κ1) is 31.3. The van der Waals surface area contributed by atoms with Crippen LogP contribution in [0.2, 0.25) is 0 Å². The molecule has 0 saturated carbocycles. The van der Waals surface area contributed by atoms with Gasteiger partial charge in [0, 0.05) is 29.6 Å². The molecule has 3 heterocycles. The lowest BCUT2D eigenvalue weighted by Gasteiger charge is -2.14. The molecule has 0 aliphatic heterocycles. The molecule has 232 valence electrons. The smallest absolute Gasteiger partial charge is 0.306 e. The molecule has 2 N–H and O–H groups in total. The zero-order valence-corrected chi connectivity index (χ0v) is 25.4. The molecule has 0 fully saturated rings. The molecule has 5 aromatic rings. The van der Waals surface area contributed by atoms with Gasteiger partial charge in [0.25, 0.3) is 5.56 Å². The summed E-state index contributed by atoms with van der Waals surface area (Å²) in [6.45, 7) is 1.04. The van der Waals surface area contributed by atoms with Crippen LogP contribution in [0, 0.1) is 11.6 Å². The van der Waals surface area contributed by atoms with Crippen molar-refractivity contribution in [2.75, 3.05) is 26.5 Å². The van der Waals surface area contributed by atoms with Crippen molar-refractivity contribution in [2.24, 2.45) is 0 Å². The highest BCUT2D eigenvalue weighted by atomic mass is 32.1. The van der Waals surface area contributed by atoms with Crippen molar-refractivity contribution in [1.29, 1.82) is 0 Å². The second kappa shape index (κ2) is 12.9. The zero-order valence-electron chi connectivity index (χ0n) is 24.6. The van der Waals surface area contributed by atoms with Crippen molar-refractivity contribution in [3.63, 3.8) is 0 Å². The number of rotatable bonds is 9. The summed E-state index contributed by atoms with van der Waals surface area (Å²) in [7, 11) is 4.92. The maximum absolute atomic E-state index is 14.9. The number of fused-ring (bicyclic) bond motifs is 1. The van der Waals surface area contributed by atoms with Gasteiger partial charge < -0.3 is 10.2 Å². The van der Waals surface area contributed by atoms with Gasteiger partial charge in [0.2, 0.25) is 0 Å². The fourth-order valence-electron chi connectivity index (χ4n) is 4.74. The molecule has 2 aromatic carbocycles. The van der Waals surface area contributed by atoms with Crippen LogP contribution >= 0.6 is 11.3 Å². The molecule has 0 aliphatic carbocycles. The topological polar surface area (TPSA) is 140 Å². The number of amides is 2. The van der Waals surface area contributed by atoms with Crippen molar-refractivity contribution in [1.82, 2.24) is 29.7 Å². The molecule has 0 atom stereocenters. The van der Waals surface area contributed by atoms with Gasteiger partial charge in [0.05, 0.1) is 19.0 Å². The number of ketones is 1. The summed E-state index contributed by atoms with van der Waals surface area (Å²) in [6.07, 6.45) is 0. The number of carbonyl (C=O) groups is 2. The standard InChI is InChI=1S/C30H27F2N7O5S/c1-16(40)23-12-13-24(35-34-23)39-27(41)25-20(14-37(2)3)26(17-8-10-18(11-9-17)33-29(42)36-44-4)45-28(25)38(30(39)43)15-19-21(31)6-5-7-22(19)32/h5-13H,14-15H2,1-4H3,(H2,33,36,42). The summed E-state index contributed by atoms with van der Waals surface area (Å²) in [5.74, 6) is -2.23. The first-order chi connectivity index (χ1) is 21.5. The van der Waals surface area contributed by atoms with Crippen LogP contribution in [0.15, 0.2) is 64.2 Å². The van der Waals surface area contributed by atoms with Crippen LogP contribution in [0.5, 0.6) is 0 Å². The number of carbonyl (C=O) groups excluding carboxylic acids is 2. The minimum Gasteiger partial charge on any atom is -0.306 e. The SMILES string of the molecule is CONC(=O)Nc1ccc(-c2sc3c(c2CN(C)C)c(=O)n(-c2ccc(C(C)=O)nn2)c(=O)n3Cc2c(F)cccc2F)cc1. The highest BCUT2D eigenvalue weighted by Crippen LogP contribution is 2.38. The van der Waals surface area contributed by atoms with E-state index in [0.717, 1.165) is 32.6 Å². The lowest BCUT2D eigenvalue weighted by atomic mass is 10.1. The lowest BCUT2D eigenvalue weighted by Crippen LogP contribution is -2.40. The van der Waals surface area contributed by atoms with Crippen LogP contribution in [0.1, 0.15) is 28.5 Å². The summed E-state index contributed by atoms with van der Waals surface area (Å²) in [5.41, 5.74) is 1.92. The number of hydrogen-bond donors (Lipinski definition) is 2. The van der Waals surface area contributed by atoms with E-state index in [-0.39, 0.29) is 39.6 Å². The van der Waals surface area contributed by atoms with Crippen molar-refractivity contribution < 1.29 is 23.2 Å². The number of hydroxylamine groups is 1. The third-order valence-corrected chi connectivity index (χ3v) is 8.07. The third kappa shape index (κ3) is 6.26. The average molecular weight is 636 g/mol. The Kier molecular flexibility index (Phi) is 8.94. The van der Waals surface area contributed by atoms with Gasteiger partial charge in [-0.3, -0.25) is 19.0 Å². The Bertz CT molecular complexity index is 2020. The van der Waals surface area contributed by atoms with Gasteiger partial charge in [-0.2, -0.15) is 0 Å². The monoisotopic (exact) mass is 635 g/mol. The van der Waals surface area contributed by atoms with Crippen LogP contribution in [0.4, 0.5) is 19.3 Å². The minimum atomic E-state index is -0.895. The van der Waals surface area contributed by atoms with E-state index < -0.39 is 35.5 Å². The number of aromatic nitrogens is 4. The van der Waals surface area contributed by atoms with E-state index in [1.807, 2.05) is 19.0 Å². The lowest BCUT2D eigenvalue weighted by molar-refractivity contribution is 0.101. The number of hydrogen-bond acceptors (Lipinski definition) is 9. The Morgan fingerprint density at radius 2 is 1.67 bits per heavy atom. The van der Waals surface area contributed by atoms with Crippen LogP contribution in [-0.4, -0.2) is 57.3 Å². The zero-order chi connectivity index (χ0) is 32.4. The Hall–Kier alpha value is -5.12. The van der Waals surface area contributed by atoms with Crippen molar-refractivity contribution >= 4 is 39.1 Å². The van der Waals surface area contributed by atoms with Crippen LogP contribution in [-0.2, 0) is 17.9 Å². The molecule has 2 amide bonds. The predicted octanol–water partition coefficient (Wildman–Crippen LogP) is 3.94. The van der Waals surface area contributed by atoms with Gasteiger partial charge >= 0.3 is 11.7 Å². The molecular formula is C30H27F2N7O5S. The molecule has 3 aromatic heterocycles. The Morgan fingerprint density at radius 1 is 0.978 bits per heavy atom. The van der Waals surface area contributed by atoms with Gasteiger partial charge in [0.1, 0.15) is 22.2 Å². The first-order valence-corrected chi connectivity index (χ1v) is 14.3. The maximum Gasteiger partial charge on any atom is 0.343 e. The highest BCUT2D eigenvalue weighted by Gasteiger charge is 2.26. The van der Waals surface area contributed by atoms with E-state index in [4.69, 9.17) is 0 Å². The van der Waals surface area contributed by atoms with E-state index in [0.29, 0.717) is 21.7 Å². The number of benzene rings is 2. The normalized spacial score (nSPS) is 11.3. The number of nitrogens with zero attached hydrogens (tertiary/aromatic N) is 5. The van der Waals surface area contributed by atoms with Gasteiger partial charge in [-0.15, -0.1) is 21.5 Å². The molecule has 45 heavy (non-hydrogen) atoms. The maximum atomic E-state index is 14.9. The number of anilines is 1. The fraction of sp³-hybridized carbons (Fsp3) is 0.200. The summed E-state index contributed by atoms with van der Waals surface area (Å²) in [4.78, 5) is 59.1. The van der Waals surface area contributed by atoms with E-state index in [9.17, 15) is 28.0 Å². The van der Waals surface area contributed by atoms with Gasteiger partial charge in [-0.05, 0) is 61.6 Å². The van der Waals surface area contributed by atoms with Crippen molar-refractivity contribution in [3.8, 4) is 16.3 Å². The second-order valence-electron chi connectivity index (χ2n) is 10.2. The molecule has 5 rings (SSSR count). The largest absolute Gasteiger partial charge is 0.343 e. The van der Waals surface area contributed by atoms with E-state index in [1.54, 1.807) is 24.3 Å². The molecule has 0 unspecified atom stereocenters. The Labute approximate surface area is 258 Å². The number of Topliss-reactive ketones (excluding diaryl/α,β-unsaturated/α-hetero) is 1. The molecule has 0 saturated heterocycles. The predicted molar refractivity (Wildman–Crippen MR) is 165 cm³/mol. The molecule has 0 spiro atoms. The van der Waals surface area contributed by atoms with Gasteiger partial charge in [-0.25, -0.2) is 28.4 Å². The van der Waals surface area contributed by atoms with E-state index >= 15 is 0 Å². The molecule has 15 heteroatoms. The van der Waals surface area contributed by atoms with Gasteiger partial charge in [0.15, 0.2) is 11.6 Å².